The number of hydrogen-bond donors (Lipinski definition) is 0. The van der Waals surface area contributed by atoms with Crippen LogP contribution in [-0.2, 0) is 15.1 Å². The molecule has 0 amide bonds. The third-order valence-corrected chi connectivity index (χ3v) is 2.81. The fraction of sp³-hybridized carbons (Fsp3) is 0.429. The van der Waals surface area contributed by atoms with Gasteiger partial charge < -0.3 is 4.74 Å². The predicted octanol–water partition coefficient (Wildman–Crippen LogP) is 3.20. The first-order valence-electron chi connectivity index (χ1n) is 5.80. The minimum atomic E-state index is -1.08. The minimum absolute atomic E-state index is 0.274. The quantitative estimate of drug-likeness (QED) is 0.465. The molecule has 0 aliphatic heterocycles. The molecule has 1 atom stereocenters. The number of esters is 1. The van der Waals surface area contributed by atoms with E-state index < -0.39 is 11.5 Å². The number of benzene rings is 1. The average molecular weight is 263 g/mol. The van der Waals surface area contributed by atoms with Crippen LogP contribution in [0.15, 0.2) is 35.3 Å². The minimum Gasteiger partial charge on any atom is -0.467 e. The Morgan fingerprint density at radius 2 is 2.06 bits per heavy atom. The summed E-state index contributed by atoms with van der Waals surface area (Å²) in [5.74, 6) is -0.129. The second-order valence-corrected chi connectivity index (χ2v) is 4.70. The second-order valence-electron chi connectivity index (χ2n) is 4.52. The normalized spacial score (nSPS) is 13.6. The number of carbonyl (C=O) groups is 1. The van der Waals surface area contributed by atoms with Crippen molar-refractivity contribution in [1.82, 2.24) is 0 Å². The van der Waals surface area contributed by atoms with Crippen LogP contribution in [0.4, 0.5) is 0 Å². The Hall–Kier alpha value is -1.51. The summed E-state index contributed by atoms with van der Waals surface area (Å²) in [7, 11) is 1.36. The van der Waals surface area contributed by atoms with Crippen LogP contribution in [0, 0.1) is 5.92 Å². The Morgan fingerprint density at radius 1 is 1.44 bits per heavy atom. The van der Waals surface area contributed by atoms with Gasteiger partial charge in [-0.2, -0.15) is 0 Å². The van der Waals surface area contributed by atoms with E-state index in [1.165, 1.54) is 7.11 Å². The summed E-state index contributed by atoms with van der Waals surface area (Å²) in [4.78, 5) is 16.3. The van der Waals surface area contributed by atoms with Crippen LogP contribution in [0.1, 0.15) is 25.8 Å². The highest BCUT2D eigenvalue weighted by atomic mass is 32.1. The highest BCUT2D eigenvalue weighted by Crippen LogP contribution is 2.34. The van der Waals surface area contributed by atoms with Crippen molar-refractivity contribution in [1.29, 1.82) is 0 Å². The molecule has 0 aliphatic rings. The molecule has 96 valence electrons. The molecule has 1 aromatic rings. The molecule has 0 heterocycles. The molecule has 0 spiro atoms. The van der Waals surface area contributed by atoms with Crippen molar-refractivity contribution in [2.24, 2.45) is 10.9 Å². The van der Waals surface area contributed by atoms with E-state index in [1.807, 2.05) is 44.2 Å². The number of carbonyl (C=O) groups excluding carboxylic acids is 1. The summed E-state index contributed by atoms with van der Waals surface area (Å²) in [6.07, 6.45) is 0.535. The Bertz CT molecular complexity index is 452. The lowest BCUT2D eigenvalue weighted by Crippen LogP contribution is -2.36. The Kier molecular flexibility index (Phi) is 5.20. The summed E-state index contributed by atoms with van der Waals surface area (Å²) in [6, 6.07) is 9.34. The number of hydrogen-bond acceptors (Lipinski definition) is 4. The predicted molar refractivity (Wildman–Crippen MR) is 74.6 cm³/mol. The van der Waals surface area contributed by atoms with E-state index in [1.54, 1.807) is 0 Å². The van der Waals surface area contributed by atoms with Crippen molar-refractivity contribution in [3.63, 3.8) is 0 Å². The largest absolute Gasteiger partial charge is 0.467 e. The molecule has 18 heavy (non-hydrogen) atoms. The molecule has 0 N–H and O–H groups in total. The smallest absolute Gasteiger partial charge is 0.339 e. The number of isothiocyanates is 1. The van der Waals surface area contributed by atoms with Gasteiger partial charge in [0.15, 0.2) is 5.54 Å². The van der Waals surface area contributed by atoms with Crippen molar-refractivity contribution in [3.8, 4) is 0 Å². The molecule has 0 saturated heterocycles. The molecule has 0 unspecified atom stereocenters. The summed E-state index contributed by atoms with van der Waals surface area (Å²) in [5, 5.41) is 2.34. The monoisotopic (exact) mass is 263 g/mol. The fourth-order valence-electron chi connectivity index (χ4n) is 2.03. The van der Waals surface area contributed by atoms with Crippen LogP contribution in [0.5, 0.6) is 0 Å². The third-order valence-electron chi connectivity index (χ3n) is 2.71. The van der Waals surface area contributed by atoms with Crippen molar-refractivity contribution < 1.29 is 9.53 Å². The standard InChI is InChI=1S/C14H17NO2S/c1-11(2)9-14(15-10-18,13(16)17-3)12-7-5-4-6-8-12/h4-8,11H,9H2,1-3H3/t14-/m1/s1. The number of rotatable bonds is 5. The zero-order valence-electron chi connectivity index (χ0n) is 10.8. The molecule has 0 fully saturated rings. The van der Waals surface area contributed by atoms with Crippen LogP contribution in [0.3, 0.4) is 0 Å². The summed E-state index contributed by atoms with van der Waals surface area (Å²) in [5.41, 5.74) is -0.297. The first kappa shape index (κ1) is 14.6. The van der Waals surface area contributed by atoms with Crippen LogP contribution >= 0.6 is 12.2 Å². The topological polar surface area (TPSA) is 38.7 Å². The van der Waals surface area contributed by atoms with Gasteiger partial charge in [-0.05, 0) is 30.1 Å². The van der Waals surface area contributed by atoms with E-state index in [-0.39, 0.29) is 5.92 Å². The first-order chi connectivity index (χ1) is 8.56. The van der Waals surface area contributed by atoms with E-state index >= 15 is 0 Å². The fourth-order valence-corrected chi connectivity index (χ4v) is 2.18. The maximum atomic E-state index is 12.2. The van der Waals surface area contributed by atoms with Gasteiger partial charge in [0, 0.05) is 0 Å². The van der Waals surface area contributed by atoms with Crippen molar-refractivity contribution >= 4 is 23.3 Å². The van der Waals surface area contributed by atoms with E-state index in [9.17, 15) is 4.79 Å². The van der Waals surface area contributed by atoms with Crippen LogP contribution in [0.25, 0.3) is 0 Å². The van der Waals surface area contributed by atoms with E-state index in [0.717, 1.165) is 5.56 Å². The third kappa shape index (κ3) is 3.03. The Balaban J connectivity index is 3.38. The molecule has 0 saturated carbocycles. The molecule has 1 rings (SSSR count). The molecular formula is C14H17NO2S. The number of aliphatic imine (C=N–C) groups is 1. The first-order valence-corrected chi connectivity index (χ1v) is 6.20. The summed E-state index contributed by atoms with van der Waals surface area (Å²) >= 11 is 4.70. The summed E-state index contributed by atoms with van der Waals surface area (Å²) < 4.78 is 4.90. The van der Waals surface area contributed by atoms with Crippen molar-refractivity contribution in [3.05, 3.63) is 35.9 Å². The number of ether oxygens (including phenoxy) is 1. The average Bonchev–Trinajstić information content (AvgIpc) is 2.37. The zero-order chi connectivity index (χ0) is 13.6. The van der Waals surface area contributed by atoms with Gasteiger partial charge in [0.1, 0.15) is 0 Å². The zero-order valence-corrected chi connectivity index (χ0v) is 11.7. The molecule has 0 radical (unpaired) electrons. The highest BCUT2D eigenvalue weighted by molar-refractivity contribution is 7.78. The maximum Gasteiger partial charge on any atom is 0.339 e. The lowest BCUT2D eigenvalue weighted by atomic mass is 9.83. The summed E-state index contributed by atoms with van der Waals surface area (Å²) in [6.45, 7) is 4.05. The van der Waals surface area contributed by atoms with Crippen molar-refractivity contribution in [2.75, 3.05) is 7.11 Å². The second kappa shape index (κ2) is 6.43. The van der Waals surface area contributed by atoms with Gasteiger partial charge >= 0.3 is 5.97 Å². The number of thiocarbonyl (C=S) groups is 1. The molecule has 0 aliphatic carbocycles. The molecule has 0 aromatic heterocycles. The van der Waals surface area contributed by atoms with Gasteiger partial charge in [-0.15, -0.1) is 0 Å². The number of methoxy groups -OCH3 is 1. The van der Waals surface area contributed by atoms with Gasteiger partial charge in [-0.1, -0.05) is 44.2 Å². The van der Waals surface area contributed by atoms with E-state index in [0.29, 0.717) is 6.42 Å². The van der Waals surface area contributed by atoms with Crippen LogP contribution < -0.4 is 0 Å². The molecule has 3 nitrogen and oxygen atoms in total. The van der Waals surface area contributed by atoms with E-state index in [4.69, 9.17) is 17.0 Å². The molecule has 0 bridgehead atoms. The molecule has 4 heteroatoms. The molecule has 1 aromatic carbocycles. The van der Waals surface area contributed by atoms with Gasteiger partial charge in [-0.3, -0.25) is 0 Å². The highest BCUT2D eigenvalue weighted by Gasteiger charge is 2.41. The van der Waals surface area contributed by atoms with E-state index in [2.05, 4.69) is 10.2 Å². The van der Waals surface area contributed by atoms with Crippen LogP contribution in [0.2, 0.25) is 0 Å². The Morgan fingerprint density at radius 3 is 2.50 bits per heavy atom. The van der Waals surface area contributed by atoms with Crippen LogP contribution in [-0.4, -0.2) is 18.2 Å². The lowest BCUT2D eigenvalue weighted by Gasteiger charge is -2.27. The maximum absolute atomic E-state index is 12.2. The van der Waals surface area contributed by atoms with Gasteiger partial charge in [0.05, 0.1) is 12.3 Å². The SMILES string of the molecule is COC(=O)[C@](CC(C)C)(N=C=S)c1ccccc1. The van der Waals surface area contributed by atoms with Gasteiger partial charge in [0.2, 0.25) is 0 Å². The van der Waals surface area contributed by atoms with Crippen molar-refractivity contribution in [2.45, 2.75) is 25.8 Å². The van der Waals surface area contributed by atoms with Gasteiger partial charge in [-0.25, -0.2) is 9.79 Å². The lowest BCUT2D eigenvalue weighted by molar-refractivity contribution is -0.148. The Labute approximate surface area is 113 Å². The van der Waals surface area contributed by atoms with Gasteiger partial charge in [0.25, 0.3) is 0 Å². The number of nitrogens with zero attached hydrogens (tertiary/aromatic N) is 1. The molecular weight excluding hydrogens is 246 g/mol.